The van der Waals surface area contributed by atoms with Gasteiger partial charge in [-0.25, -0.2) is 8.42 Å². The molecule has 1 aliphatic carbocycles. The summed E-state index contributed by atoms with van der Waals surface area (Å²) in [5.74, 6) is 0.364. The van der Waals surface area contributed by atoms with Gasteiger partial charge in [-0.15, -0.1) is 0 Å². The van der Waals surface area contributed by atoms with Gasteiger partial charge in [0.15, 0.2) is 15.4 Å². The molecule has 0 N–H and O–H groups in total. The van der Waals surface area contributed by atoms with Gasteiger partial charge in [0.05, 0.1) is 10.5 Å². The lowest BCUT2D eigenvalue weighted by Gasteiger charge is -2.23. The summed E-state index contributed by atoms with van der Waals surface area (Å²) >= 11 is 0. The van der Waals surface area contributed by atoms with Gasteiger partial charge in [0.25, 0.3) is 0 Å². The van der Waals surface area contributed by atoms with Crippen molar-refractivity contribution in [1.29, 1.82) is 0 Å². The Morgan fingerprint density at radius 3 is 2.19 bits per heavy atom. The third-order valence-corrected chi connectivity index (χ3v) is 6.33. The highest BCUT2D eigenvalue weighted by molar-refractivity contribution is 7.90. The zero-order valence-corrected chi connectivity index (χ0v) is 15.4. The normalized spacial score (nSPS) is 19.2. The Kier molecular flexibility index (Phi) is 3.99. The molecule has 134 valence electrons. The van der Waals surface area contributed by atoms with Crippen molar-refractivity contribution in [2.75, 3.05) is 6.26 Å². The molecule has 26 heavy (non-hydrogen) atoms. The van der Waals surface area contributed by atoms with E-state index in [0.29, 0.717) is 29.7 Å². The Balaban J connectivity index is 1.97. The lowest BCUT2D eigenvalue weighted by molar-refractivity contribution is -0.127. The Labute approximate surface area is 153 Å². The SMILES string of the molecule is CS(=O)(=O)c1ccccc1C1=C(c2ccccc2)C(=O)C2(CCCC2)O1. The van der Waals surface area contributed by atoms with E-state index < -0.39 is 15.4 Å². The minimum absolute atomic E-state index is 0.0282. The number of ketones is 1. The van der Waals surface area contributed by atoms with E-state index in [1.165, 1.54) is 6.26 Å². The number of hydrogen-bond donors (Lipinski definition) is 0. The number of hydrogen-bond acceptors (Lipinski definition) is 4. The summed E-state index contributed by atoms with van der Waals surface area (Å²) in [6.07, 6.45) is 4.40. The van der Waals surface area contributed by atoms with Crippen LogP contribution >= 0.6 is 0 Å². The first kappa shape index (κ1) is 17.0. The molecule has 0 amide bonds. The van der Waals surface area contributed by atoms with E-state index >= 15 is 0 Å². The first-order chi connectivity index (χ1) is 12.4. The van der Waals surface area contributed by atoms with Crippen molar-refractivity contribution < 1.29 is 17.9 Å². The number of carbonyl (C=O) groups is 1. The summed E-state index contributed by atoms with van der Waals surface area (Å²) < 4.78 is 30.8. The number of benzene rings is 2. The maximum Gasteiger partial charge on any atom is 0.210 e. The van der Waals surface area contributed by atoms with Crippen LogP contribution in [0, 0.1) is 0 Å². The van der Waals surface area contributed by atoms with Crippen LogP contribution in [0.25, 0.3) is 11.3 Å². The van der Waals surface area contributed by atoms with E-state index in [1.54, 1.807) is 24.3 Å². The molecule has 1 saturated carbocycles. The van der Waals surface area contributed by atoms with E-state index in [1.807, 2.05) is 30.3 Å². The van der Waals surface area contributed by atoms with Gasteiger partial charge in [0, 0.05) is 11.8 Å². The summed E-state index contributed by atoms with van der Waals surface area (Å²) in [5, 5.41) is 0. The predicted octanol–water partition coefficient (Wildman–Crippen LogP) is 3.87. The van der Waals surface area contributed by atoms with Crippen molar-refractivity contribution in [1.82, 2.24) is 0 Å². The minimum atomic E-state index is -3.45. The molecule has 2 aliphatic rings. The van der Waals surface area contributed by atoms with E-state index in [4.69, 9.17) is 4.74 Å². The monoisotopic (exact) mass is 368 g/mol. The number of Topliss-reactive ketones (excluding diaryl/α,β-unsaturated/α-hetero) is 1. The molecule has 2 aromatic carbocycles. The molecule has 0 bridgehead atoms. The molecule has 0 radical (unpaired) electrons. The maximum absolute atomic E-state index is 13.3. The fourth-order valence-electron chi connectivity index (χ4n) is 3.93. The summed E-state index contributed by atoms with van der Waals surface area (Å²) in [7, 11) is -3.45. The smallest absolute Gasteiger partial charge is 0.210 e. The second-order valence-electron chi connectivity index (χ2n) is 6.97. The molecule has 4 nitrogen and oxygen atoms in total. The molecule has 5 heteroatoms. The Morgan fingerprint density at radius 2 is 1.54 bits per heavy atom. The van der Waals surface area contributed by atoms with E-state index in [-0.39, 0.29) is 10.7 Å². The van der Waals surface area contributed by atoms with Crippen molar-refractivity contribution >= 4 is 27.0 Å². The van der Waals surface area contributed by atoms with Crippen molar-refractivity contribution in [2.24, 2.45) is 0 Å². The lowest BCUT2D eigenvalue weighted by Crippen LogP contribution is -2.33. The third-order valence-electron chi connectivity index (χ3n) is 5.17. The number of ether oxygens (including phenoxy) is 1. The van der Waals surface area contributed by atoms with Crippen LogP contribution in [0.3, 0.4) is 0 Å². The van der Waals surface area contributed by atoms with Crippen LogP contribution < -0.4 is 0 Å². The van der Waals surface area contributed by atoms with Gasteiger partial charge in [-0.1, -0.05) is 42.5 Å². The molecule has 0 unspecified atom stereocenters. The van der Waals surface area contributed by atoms with Gasteiger partial charge in [-0.05, 0) is 43.4 Å². The van der Waals surface area contributed by atoms with Crippen LogP contribution in [0.4, 0.5) is 0 Å². The number of carbonyl (C=O) groups excluding carboxylic acids is 1. The highest BCUT2D eigenvalue weighted by atomic mass is 32.2. The summed E-state index contributed by atoms with van der Waals surface area (Å²) in [6.45, 7) is 0. The van der Waals surface area contributed by atoms with Crippen LogP contribution in [0.1, 0.15) is 36.8 Å². The average Bonchev–Trinajstić information content (AvgIpc) is 3.21. The molecule has 2 aromatic rings. The quantitative estimate of drug-likeness (QED) is 0.825. The van der Waals surface area contributed by atoms with Crippen molar-refractivity contribution in [3.05, 3.63) is 65.7 Å². The molecular weight excluding hydrogens is 348 g/mol. The second kappa shape index (κ2) is 6.09. The van der Waals surface area contributed by atoms with Gasteiger partial charge in [0.2, 0.25) is 5.78 Å². The Bertz CT molecular complexity index is 997. The average molecular weight is 368 g/mol. The van der Waals surface area contributed by atoms with Gasteiger partial charge in [0.1, 0.15) is 5.76 Å². The topological polar surface area (TPSA) is 60.4 Å². The van der Waals surface area contributed by atoms with E-state index in [9.17, 15) is 13.2 Å². The van der Waals surface area contributed by atoms with Gasteiger partial charge in [-0.2, -0.15) is 0 Å². The van der Waals surface area contributed by atoms with Crippen LogP contribution in [0.5, 0.6) is 0 Å². The number of sulfone groups is 1. The maximum atomic E-state index is 13.3. The van der Waals surface area contributed by atoms with Gasteiger partial charge >= 0.3 is 0 Å². The lowest BCUT2D eigenvalue weighted by atomic mass is 9.89. The molecule has 1 spiro atoms. The van der Waals surface area contributed by atoms with Crippen LogP contribution in [-0.4, -0.2) is 26.1 Å². The van der Waals surface area contributed by atoms with Crippen LogP contribution in [0.2, 0.25) is 0 Å². The minimum Gasteiger partial charge on any atom is -0.478 e. The first-order valence-corrected chi connectivity index (χ1v) is 10.6. The molecule has 1 heterocycles. The van der Waals surface area contributed by atoms with E-state index in [2.05, 4.69) is 0 Å². The Morgan fingerprint density at radius 1 is 0.923 bits per heavy atom. The van der Waals surface area contributed by atoms with Gasteiger partial charge in [-0.3, -0.25) is 4.79 Å². The summed E-state index contributed by atoms with van der Waals surface area (Å²) in [5.41, 5.74) is 0.875. The zero-order valence-electron chi connectivity index (χ0n) is 14.6. The van der Waals surface area contributed by atoms with E-state index in [0.717, 1.165) is 18.4 Å². The van der Waals surface area contributed by atoms with Crippen molar-refractivity contribution in [3.63, 3.8) is 0 Å². The molecule has 0 atom stereocenters. The highest BCUT2D eigenvalue weighted by Crippen LogP contribution is 2.49. The summed E-state index contributed by atoms with van der Waals surface area (Å²) in [4.78, 5) is 13.5. The zero-order chi connectivity index (χ0) is 18.4. The molecule has 0 aromatic heterocycles. The molecule has 1 aliphatic heterocycles. The van der Waals surface area contributed by atoms with Crippen LogP contribution in [0.15, 0.2) is 59.5 Å². The number of rotatable bonds is 3. The van der Waals surface area contributed by atoms with Gasteiger partial charge < -0.3 is 4.74 Å². The molecule has 4 rings (SSSR count). The molecule has 1 fully saturated rings. The summed E-state index contributed by atoms with van der Waals surface area (Å²) in [6, 6.07) is 16.1. The standard InChI is InChI=1S/C21H20O4S/c1-26(23,24)17-12-6-5-11-16(17)19-18(15-9-3-2-4-10-15)20(22)21(25-19)13-7-8-14-21/h2-6,9-12H,7-8,13-14H2,1H3. The van der Waals surface area contributed by atoms with Crippen molar-refractivity contribution in [3.8, 4) is 0 Å². The van der Waals surface area contributed by atoms with Crippen LogP contribution in [-0.2, 0) is 19.4 Å². The highest BCUT2D eigenvalue weighted by Gasteiger charge is 2.51. The molecular formula is C21H20O4S. The Hall–Kier alpha value is -2.40. The first-order valence-electron chi connectivity index (χ1n) is 8.75. The molecule has 0 saturated heterocycles. The largest absolute Gasteiger partial charge is 0.478 e. The fraction of sp³-hybridized carbons (Fsp3) is 0.286. The fourth-order valence-corrected chi connectivity index (χ4v) is 4.82. The van der Waals surface area contributed by atoms with Crippen molar-refractivity contribution in [2.45, 2.75) is 36.2 Å². The second-order valence-corrected chi connectivity index (χ2v) is 8.96. The third kappa shape index (κ3) is 2.67. The predicted molar refractivity (Wildman–Crippen MR) is 100 cm³/mol.